The number of amidine groups is 1. The molecule has 0 aliphatic carbocycles. The van der Waals surface area contributed by atoms with E-state index in [0.717, 1.165) is 0 Å². The van der Waals surface area contributed by atoms with Crippen molar-refractivity contribution in [2.75, 3.05) is 14.2 Å². The van der Waals surface area contributed by atoms with Gasteiger partial charge in [-0.2, -0.15) is 8.42 Å². The topological polar surface area (TPSA) is 103 Å². The SMILES string of the molecule is COc1ccc(N=C2NC(=O)/C(=C/c3ccc(OC)c(OS(=O)(=O)c4ccccc4)c3)S2)cc1. The molecule has 1 aliphatic heterocycles. The highest BCUT2D eigenvalue weighted by Crippen LogP contribution is 2.34. The third-order valence-corrected chi connectivity index (χ3v) is 6.83. The molecule has 1 fully saturated rings. The fourth-order valence-electron chi connectivity index (χ4n) is 3.01. The second-order valence-electron chi connectivity index (χ2n) is 6.94. The predicted octanol–water partition coefficient (Wildman–Crippen LogP) is 4.36. The summed E-state index contributed by atoms with van der Waals surface area (Å²) in [6, 6.07) is 19.7. The van der Waals surface area contributed by atoms with Gasteiger partial charge in [-0.15, -0.1) is 0 Å². The number of hydrogen-bond donors (Lipinski definition) is 1. The van der Waals surface area contributed by atoms with Crippen molar-refractivity contribution in [2.45, 2.75) is 4.90 Å². The maximum atomic E-state index is 12.6. The lowest BCUT2D eigenvalue weighted by Crippen LogP contribution is -2.19. The van der Waals surface area contributed by atoms with Crippen molar-refractivity contribution < 1.29 is 26.9 Å². The van der Waals surface area contributed by atoms with Gasteiger partial charge in [0.25, 0.3) is 5.91 Å². The Bertz CT molecular complexity index is 1370. The van der Waals surface area contributed by atoms with Gasteiger partial charge in [-0.05, 0) is 71.9 Å². The Labute approximate surface area is 201 Å². The van der Waals surface area contributed by atoms with E-state index in [0.29, 0.717) is 27.1 Å². The maximum absolute atomic E-state index is 12.6. The van der Waals surface area contributed by atoms with Crippen LogP contribution in [0.25, 0.3) is 6.08 Å². The minimum Gasteiger partial charge on any atom is -0.497 e. The first-order valence-electron chi connectivity index (χ1n) is 9.99. The summed E-state index contributed by atoms with van der Waals surface area (Å²) in [4.78, 5) is 17.3. The van der Waals surface area contributed by atoms with Gasteiger partial charge in [-0.25, -0.2) is 4.99 Å². The van der Waals surface area contributed by atoms with E-state index in [9.17, 15) is 13.2 Å². The molecule has 174 valence electrons. The number of ether oxygens (including phenoxy) is 2. The standard InChI is InChI=1S/C24H20N2O6S2/c1-30-18-11-9-17(10-12-18)25-24-26-23(27)22(33-24)15-16-8-13-20(31-2)21(14-16)32-34(28,29)19-6-4-3-5-7-19/h3-15H,1-2H3,(H,25,26,27)/b22-15-. The molecular weight excluding hydrogens is 476 g/mol. The second-order valence-corrected chi connectivity index (χ2v) is 9.52. The molecule has 0 atom stereocenters. The molecular formula is C24H20N2O6S2. The zero-order chi connectivity index (χ0) is 24.1. The fourth-order valence-corrected chi connectivity index (χ4v) is 4.80. The Balaban J connectivity index is 1.58. The summed E-state index contributed by atoms with van der Waals surface area (Å²) < 4.78 is 41.0. The summed E-state index contributed by atoms with van der Waals surface area (Å²) >= 11 is 1.17. The molecule has 1 N–H and O–H groups in total. The number of carbonyl (C=O) groups is 1. The van der Waals surface area contributed by atoms with E-state index in [2.05, 4.69) is 10.3 Å². The molecule has 3 aromatic rings. The van der Waals surface area contributed by atoms with Crippen molar-refractivity contribution in [3.05, 3.63) is 83.3 Å². The molecule has 1 heterocycles. The van der Waals surface area contributed by atoms with Crippen LogP contribution >= 0.6 is 11.8 Å². The van der Waals surface area contributed by atoms with E-state index in [4.69, 9.17) is 13.7 Å². The number of carbonyl (C=O) groups excluding carboxylic acids is 1. The number of nitrogens with zero attached hydrogens (tertiary/aromatic N) is 1. The van der Waals surface area contributed by atoms with Crippen LogP contribution in [-0.2, 0) is 14.9 Å². The summed E-state index contributed by atoms with van der Waals surface area (Å²) in [6.07, 6.45) is 1.62. The van der Waals surface area contributed by atoms with Crippen LogP contribution in [0.1, 0.15) is 5.56 Å². The first-order chi connectivity index (χ1) is 16.4. The molecule has 0 bridgehead atoms. The lowest BCUT2D eigenvalue weighted by Gasteiger charge is -2.11. The lowest BCUT2D eigenvalue weighted by molar-refractivity contribution is -0.115. The highest BCUT2D eigenvalue weighted by molar-refractivity contribution is 8.18. The van der Waals surface area contributed by atoms with Crippen LogP contribution < -0.4 is 19.0 Å². The van der Waals surface area contributed by atoms with E-state index >= 15 is 0 Å². The number of benzene rings is 3. The Hall–Kier alpha value is -3.76. The smallest absolute Gasteiger partial charge is 0.339 e. The molecule has 0 saturated carbocycles. The third kappa shape index (κ3) is 5.41. The number of thioether (sulfide) groups is 1. The van der Waals surface area contributed by atoms with Crippen molar-refractivity contribution in [3.8, 4) is 17.2 Å². The van der Waals surface area contributed by atoms with Crippen LogP contribution in [0.5, 0.6) is 17.2 Å². The van der Waals surface area contributed by atoms with Gasteiger partial charge in [0.1, 0.15) is 10.6 Å². The first-order valence-corrected chi connectivity index (χ1v) is 12.2. The molecule has 34 heavy (non-hydrogen) atoms. The largest absolute Gasteiger partial charge is 0.497 e. The van der Waals surface area contributed by atoms with Crippen LogP contribution in [0.4, 0.5) is 5.69 Å². The average Bonchev–Trinajstić information content (AvgIpc) is 3.18. The number of nitrogens with one attached hydrogen (secondary N) is 1. The normalized spacial score (nSPS) is 15.9. The maximum Gasteiger partial charge on any atom is 0.339 e. The Kier molecular flexibility index (Phi) is 6.90. The first kappa shape index (κ1) is 23.4. The van der Waals surface area contributed by atoms with Crippen LogP contribution in [-0.4, -0.2) is 33.7 Å². The summed E-state index contributed by atoms with van der Waals surface area (Å²) in [5.74, 6) is 0.648. The molecule has 10 heteroatoms. The molecule has 1 amide bonds. The summed E-state index contributed by atoms with van der Waals surface area (Å²) in [5.41, 5.74) is 1.22. The molecule has 1 saturated heterocycles. The van der Waals surface area contributed by atoms with Gasteiger partial charge >= 0.3 is 10.1 Å². The van der Waals surface area contributed by atoms with Crippen LogP contribution in [0, 0.1) is 0 Å². The minimum atomic E-state index is -4.06. The number of amides is 1. The summed E-state index contributed by atoms with van der Waals surface area (Å²) in [6.45, 7) is 0. The monoisotopic (exact) mass is 496 g/mol. The Morgan fingerprint density at radius 3 is 2.32 bits per heavy atom. The fraction of sp³-hybridized carbons (Fsp3) is 0.0833. The van der Waals surface area contributed by atoms with E-state index in [1.807, 2.05) is 0 Å². The van der Waals surface area contributed by atoms with Crippen LogP contribution in [0.3, 0.4) is 0 Å². The van der Waals surface area contributed by atoms with Gasteiger partial charge < -0.3 is 19.0 Å². The molecule has 0 unspecified atom stereocenters. The number of rotatable bonds is 7. The van der Waals surface area contributed by atoms with Gasteiger partial charge in [0, 0.05) is 0 Å². The highest BCUT2D eigenvalue weighted by atomic mass is 32.2. The van der Waals surface area contributed by atoms with E-state index in [-0.39, 0.29) is 22.3 Å². The van der Waals surface area contributed by atoms with Crippen molar-refractivity contribution in [3.63, 3.8) is 0 Å². The zero-order valence-electron chi connectivity index (χ0n) is 18.2. The highest BCUT2D eigenvalue weighted by Gasteiger charge is 2.24. The van der Waals surface area contributed by atoms with Gasteiger partial charge in [0.2, 0.25) is 0 Å². The van der Waals surface area contributed by atoms with E-state index in [1.54, 1.807) is 67.8 Å². The molecule has 0 spiro atoms. The van der Waals surface area contributed by atoms with E-state index < -0.39 is 10.1 Å². The Morgan fingerprint density at radius 2 is 1.65 bits per heavy atom. The van der Waals surface area contributed by atoms with Crippen LogP contribution in [0.2, 0.25) is 0 Å². The van der Waals surface area contributed by atoms with E-state index in [1.165, 1.54) is 37.1 Å². The van der Waals surface area contributed by atoms with Gasteiger partial charge in [0.15, 0.2) is 16.7 Å². The lowest BCUT2D eigenvalue weighted by atomic mass is 10.2. The van der Waals surface area contributed by atoms with Gasteiger partial charge in [-0.1, -0.05) is 24.3 Å². The van der Waals surface area contributed by atoms with Crippen molar-refractivity contribution in [2.24, 2.45) is 4.99 Å². The summed E-state index contributed by atoms with van der Waals surface area (Å²) in [7, 11) is -1.07. The molecule has 1 aliphatic rings. The predicted molar refractivity (Wildman–Crippen MR) is 131 cm³/mol. The molecule has 4 rings (SSSR count). The second kappa shape index (κ2) is 10.0. The number of aliphatic imine (C=N–C) groups is 1. The number of hydrogen-bond acceptors (Lipinski definition) is 8. The average molecular weight is 497 g/mol. The van der Waals surface area contributed by atoms with Crippen molar-refractivity contribution in [1.82, 2.24) is 5.32 Å². The molecule has 0 aromatic heterocycles. The zero-order valence-corrected chi connectivity index (χ0v) is 19.9. The molecule has 8 nitrogen and oxygen atoms in total. The van der Waals surface area contributed by atoms with Gasteiger partial charge in [-0.3, -0.25) is 4.79 Å². The van der Waals surface area contributed by atoms with Crippen molar-refractivity contribution >= 4 is 44.7 Å². The van der Waals surface area contributed by atoms with Crippen LogP contribution in [0.15, 0.2) is 87.6 Å². The Morgan fingerprint density at radius 1 is 0.912 bits per heavy atom. The number of methoxy groups -OCH3 is 2. The minimum absolute atomic E-state index is 0.0104. The quantitative estimate of drug-likeness (QED) is 0.383. The molecule has 3 aromatic carbocycles. The third-order valence-electron chi connectivity index (χ3n) is 4.67. The molecule has 0 radical (unpaired) electrons. The van der Waals surface area contributed by atoms with Gasteiger partial charge in [0.05, 0.1) is 24.8 Å². The summed E-state index contributed by atoms with van der Waals surface area (Å²) in [5, 5.41) is 3.15. The van der Waals surface area contributed by atoms with Crippen molar-refractivity contribution in [1.29, 1.82) is 0 Å².